The molecule has 1 aliphatic rings. The van der Waals surface area contributed by atoms with Crippen molar-refractivity contribution in [1.29, 1.82) is 0 Å². The molecule has 0 radical (unpaired) electrons. The first-order valence-corrected chi connectivity index (χ1v) is 6.96. The maximum atomic E-state index is 9.63. The minimum atomic E-state index is -0.495. The molecule has 0 spiro atoms. The van der Waals surface area contributed by atoms with E-state index in [1.807, 2.05) is 13.8 Å². The Bertz CT molecular complexity index is 180. The normalized spacial score (nSPS) is 21.0. The molecule has 0 saturated heterocycles. The number of nitrogens with one attached hydrogen (secondary N) is 1. The smallest absolute Gasteiger partial charge is 0.0591 e. The van der Waals surface area contributed by atoms with Gasteiger partial charge in [-0.25, -0.2) is 0 Å². The highest BCUT2D eigenvalue weighted by molar-refractivity contribution is 4.76. The molecule has 2 nitrogen and oxygen atoms in total. The third-order valence-electron chi connectivity index (χ3n) is 3.55. The summed E-state index contributed by atoms with van der Waals surface area (Å²) in [5.74, 6) is 0. The van der Waals surface area contributed by atoms with E-state index in [9.17, 15) is 5.11 Å². The molecule has 0 aromatic rings. The zero-order chi connectivity index (χ0) is 12.0. The fourth-order valence-electron chi connectivity index (χ4n) is 2.60. The lowest BCUT2D eigenvalue weighted by atomic mass is 9.94. The van der Waals surface area contributed by atoms with Crippen molar-refractivity contribution in [2.45, 2.75) is 89.8 Å². The Morgan fingerprint density at radius 2 is 1.88 bits per heavy atom. The fraction of sp³-hybridized carbons (Fsp3) is 1.00. The highest BCUT2D eigenvalue weighted by Crippen LogP contribution is 2.19. The second kappa shape index (κ2) is 6.61. The average Bonchev–Trinajstić information content (AvgIpc) is 2.17. The maximum absolute atomic E-state index is 9.63. The van der Waals surface area contributed by atoms with E-state index < -0.39 is 5.60 Å². The SMILES string of the molecule is C[C@@H](CCCC(C)(C)O)NC1CCCCC1. The molecule has 2 heteroatoms. The van der Waals surface area contributed by atoms with E-state index in [4.69, 9.17) is 0 Å². The van der Waals surface area contributed by atoms with E-state index in [0.717, 1.165) is 18.9 Å². The number of rotatable bonds is 6. The number of aliphatic hydroxyl groups is 1. The van der Waals surface area contributed by atoms with Crippen LogP contribution in [0.1, 0.15) is 72.1 Å². The summed E-state index contributed by atoms with van der Waals surface area (Å²) in [5, 5.41) is 13.4. The van der Waals surface area contributed by atoms with Crippen LogP contribution in [0, 0.1) is 0 Å². The van der Waals surface area contributed by atoms with Gasteiger partial charge in [-0.3, -0.25) is 0 Å². The summed E-state index contributed by atoms with van der Waals surface area (Å²) in [7, 11) is 0. The topological polar surface area (TPSA) is 32.3 Å². The van der Waals surface area contributed by atoms with Crippen molar-refractivity contribution >= 4 is 0 Å². The molecule has 0 amide bonds. The molecule has 96 valence electrons. The lowest BCUT2D eigenvalue weighted by Gasteiger charge is -2.27. The summed E-state index contributed by atoms with van der Waals surface area (Å²) in [6.45, 7) is 6.07. The summed E-state index contributed by atoms with van der Waals surface area (Å²) in [5.41, 5.74) is -0.495. The zero-order valence-corrected chi connectivity index (χ0v) is 11.3. The Kier molecular flexibility index (Phi) is 5.77. The third-order valence-corrected chi connectivity index (χ3v) is 3.55. The summed E-state index contributed by atoms with van der Waals surface area (Å²) in [6, 6.07) is 1.36. The van der Waals surface area contributed by atoms with Gasteiger partial charge in [0.2, 0.25) is 0 Å². The minimum Gasteiger partial charge on any atom is -0.390 e. The van der Waals surface area contributed by atoms with Gasteiger partial charge in [0.25, 0.3) is 0 Å². The molecule has 0 unspecified atom stereocenters. The molecule has 1 saturated carbocycles. The van der Waals surface area contributed by atoms with Crippen LogP contribution in [0.25, 0.3) is 0 Å². The highest BCUT2D eigenvalue weighted by atomic mass is 16.3. The van der Waals surface area contributed by atoms with E-state index in [1.54, 1.807) is 0 Å². The van der Waals surface area contributed by atoms with Crippen molar-refractivity contribution in [3.8, 4) is 0 Å². The third kappa shape index (κ3) is 6.49. The van der Waals surface area contributed by atoms with Crippen molar-refractivity contribution in [1.82, 2.24) is 5.32 Å². The quantitative estimate of drug-likeness (QED) is 0.730. The van der Waals surface area contributed by atoms with Crippen LogP contribution in [0.4, 0.5) is 0 Å². The fourth-order valence-corrected chi connectivity index (χ4v) is 2.60. The monoisotopic (exact) mass is 227 g/mol. The Morgan fingerprint density at radius 3 is 2.44 bits per heavy atom. The minimum absolute atomic E-state index is 0.495. The summed E-state index contributed by atoms with van der Waals surface area (Å²) in [4.78, 5) is 0. The Hall–Kier alpha value is -0.0800. The van der Waals surface area contributed by atoms with Gasteiger partial charge in [0.15, 0.2) is 0 Å². The largest absolute Gasteiger partial charge is 0.390 e. The van der Waals surface area contributed by atoms with E-state index in [1.165, 1.54) is 38.5 Å². The molecule has 2 N–H and O–H groups in total. The lowest BCUT2D eigenvalue weighted by molar-refractivity contribution is 0.0673. The van der Waals surface area contributed by atoms with Gasteiger partial charge in [-0.1, -0.05) is 19.3 Å². The summed E-state index contributed by atoms with van der Waals surface area (Å²) >= 11 is 0. The van der Waals surface area contributed by atoms with Crippen LogP contribution < -0.4 is 5.32 Å². The predicted octanol–water partition coefficient (Wildman–Crippen LogP) is 3.24. The average molecular weight is 227 g/mol. The number of hydrogen-bond acceptors (Lipinski definition) is 2. The van der Waals surface area contributed by atoms with Crippen molar-refractivity contribution in [3.05, 3.63) is 0 Å². The molecular formula is C14H29NO. The highest BCUT2D eigenvalue weighted by Gasteiger charge is 2.16. The van der Waals surface area contributed by atoms with Gasteiger partial charge in [-0.15, -0.1) is 0 Å². The molecule has 0 aromatic carbocycles. The van der Waals surface area contributed by atoms with Crippen LogP contribution in [-0.2, 0) is 0 Å². The first-order valence-electron chi connectivity index (χ1n) is 6.96. The Morgan fingerprint density at radius 1 is 1.25 bits per heavy atom. The van der Waals surface area contributed by atoms with Crippen LogP contribution >= 0.6 is 0 Å². The molecule has 1 rings (SSSR count). The van der Waals surface area contributed by atoms with E-state index >= 15 is 0 Å². The lowest BCUT2D eigenvalue weighted by Crippen LogP contribution is -2.37. The van der Waals surface area contributed by atoms with Gasteiger partial charge >= 0.3 is 0 Å². The second-order valence-corrected chi connectivity index (χ2v) is 6.11. The van der Waals surface area contributed by atoms with Crippen LogP contribution in [0.2, 0.25) is 0 Å². The summed E-state index contributed by atoms with van der Waals surface area (Å²) in [6.07, 6.45) is 10.1. The van der Waals surface area contributed by atoms with Crippen LogP contribution in [0.5, 0.6) is 0 Å². The van der Waals surface area contributed by atoms with Gasteiger partial charge in [-0.05, 0) is 52.9 Å². The molecule has 1 aliphatic carbocycles. The predicted molar refractivity (Wildman–Crippen MR) is 69.6 cm³/mol. The Balaban J connectivity index is 2.08. The molecule has 0 heterocycles. The van der Waals surface area contributed by atoms with Crippen molar-refractivity contribution < 1.29 is 5.11 Å². The molecule has 1 atom stereocenters. The van der Waals surface area contributed by atoms with Gasteiger partial charge in [0.05, 0.1) is 5.60 Å². The Labute approximate surface area is 101 Å². The van der Waals surface area contributed by atoms with Gasteiger partial charge in [-0.2, -0.15) is 0 Å². The van der Waals surface area contributed by atoms with E-state index in [-0.39, 0.29) is 0 Å². The summed E-state index contributed by atoms with van der Waals surface area (Å²) < 4.78 is 0. The molecule has 16 heavy (non-hydrogen) atoms. The molecular weight excluding hydrogens is 198 g/mol. The first kappa shape index (κ1) is 14.0. The van der Waals surface area contributed by atoms with E-state index in [2.05, 4.69) is 12.2 Å². The van der Waals surface area contributed by atoms with Crippen LogP contribution in [-0.4, -0.2) is 22.8 Å². The van der Waals surface area contributed by atoms with Crippen LogP contribution in [0.3, 0.4) is 0 Å². The van der Waals surface area contributed by atoms with Gasteiger partial charge in [0.1, 0.15) is 0 Å². The molecule has 1 fully saturated rings. The standard InChI is InChI=1S/C14H29NO/c1-12(8-7-11-14(2,3)16)15-13-9-5-4-6-10-13/h12-13,15-16H,4-11H2,1-3H3/t12-/m0/s1. The van der Waals surface area contributed by atoms with Crippen molar-refractivity contribution in [3.63, 3.8) is 0 Å². The second-order valence-electron chi connectivity index (χ2n) is 6.11. The van der Waals surface area contributed by atoms with Gasteiger partial charge < -0.3 is 10.4 Å². The number of hydrogen-bond donors (Lipinski definition) is 2. The first-order chi connectivity index (χ1) is 7.47. The maximum Gasteiger partial charge on any atom is 0.0591 e. The van der Waals surface area contributed by atoms with Crippen molar-refractivity contribution in [2.75, 3.05) is 0 Å². The molecule has 0 aromatic heterocycles. The zero-order valence-electron chi connectivity index (χ0n) is 11.3. The van der Waals surface area contributed by atoms with Gasteiger partial charge in [0, 0.05) is 12.1 Å². The van der Waals surface area contributed by atoms with Crippen molar-refractivity contribution in [2.24, 2.45) is 0 Å². The van der Waals surface area contributed by atoms with Crippen LogP contribution in [0.15, 0.2) is 0 Å². The molecule has 0 aliphatic heterocycles. The molecule has 0 bridgehead atoms. The van der Waals surface area contributed by atoms with E-state index in [0.29, 0.717) is 6.04 Å².